The summed E-state index contributed by atoms with van der Waals surface area (Å²) in [5.41, 5.74) is 0.577. The molecule has 0 saturated heterocycles. The first kappa shape index (κ1) is 17.3. The molecule has 0 aliphatic carbocycles. The molecule has 2 aromatic carbocycles. The number of nitrogens with one attached hydrogen (secondary N) is 1. The smallest absolute Gasteiger partial charge is 0.147 e. The lowest BCUT2D eigenvalue weighted by Crippen LogP contribution is -2.20. The largest absolute Gasteiger partial charge is 0.312 e. The van der Waals surface area contributed by atoms with Crippen LogP contribution in [0.25, 0.3) is 0 Å². The third-order valence-electron chi connectivity index (χ3n) is 3.00. The van der Waals surface area contributed by atoms with Crippen molar-refractivity contribution >= 4 is 55.2 Å². The van der Waals surface area contributed by atoms with E-state index in [9.17, 15) is 4.39 Å². The molecular weight excluding hydrogens is 440 g/mol. The number of rotatable bonds is 5. The SMILES string of the molecule is CNC(CSc1cccc(Br)c1)c1ccc(Br)c(Cl)c1F. The Morgan fingerprint density at radius 1 is 1.29 bits per heavy atom. The highest BCUT2D eigenvalue weighted by molar-refractivity contribution is 9.10. The molecule has 1 unspecified atom stereocenters. The molecule has 112 valence electrons. The molecule has 0 spiro atoms. The van der Waals surface area contributed by atoms with E-state index in [0.29, 0.717) is 15.8 Å². The van der Waals surface area contributed by atoms with E-state index >= 15 is 0 Å². The molecule has 0 saturated carbocycles. The normalized spacial score (nSPS) is 12.4. The standard InChI is InChI=1S/C15H13Br2ClFNS/c1-20-13(8-21-10-4-2-3-9(16)7-10)11-5-6-12(17)14(18)15(11)19/h2-7,13,20H,8H2,1H3. The van der Waals surface area contributed by atoms with Crippen molar-refractivity contribution in [2.24, 2.45) is 0 Å². The predicted octanol–water partition coefficient (Wildman–Crippen LogP) is 6.06. The molecular formula is C15H13Br2ClFNS. The quantitative estimate of drug-likeness (QED) is 0.436. The van der Waals surface area contributed by atoms with E-state index in [-0.39, 0.29) is 16.9 Å². The number of halogens is 4. The van der Waals surface area contributed by atoms with E-state index < -0.39 is 0 Å². The summed E-state index contributed by atoms with van der Waals surface area (Å²) in [6, 6.07) is 11.5. The zero-order valence-electron chi connectivity index (χ0n) is 11.2. The lowest BCUT2D eigenvalue weighted by Gasteiger charge is -2.18. The summed E-state index contributed by atoms with van der Waals surface area (Å²) in [6.45, 7) is 0. The van der Waals surface area contributed by atoms with Gasteiger partial charge in [0.05, 0.1) is 5.02 Å². The van der Waals surface area contributed by atoms with Crippen LogP contribution >= 0.6 is 55.2 Å². The average molecular weight is 454 g/mol. The third-order valence-corrected chi connectivity index (χ3v) is 5.84. The Bertz CT molecular complexity index is 639. The minimum absolute atomic E-state index is 0.111. The van der Waals surface area contributed by atoms with E-state index in [4.69, 9.17) is 11.6 Å². The van der Waals surface area contributed by atoms with Crippen molar-refractivity contribution in [3.8, 4) is 0 Å². The Kier molecular flexibility index (Phi) is 6.56. The molecule has 0 heterocycles. The summed E-state index contributed by atoms with van der Waals surface area (Å²) in [5.74, 6) is 0.335. The number of hydrogen-bond donors (Lipinski definition) is 1. The second-order valence-electron chi connectivity index (χ2n) is 4.37. The Labute approximate surface area is 149 Å². The molecule has 0 amide bonds. The van der Waals surface area contributed by atoms with E-state index in [1.54, 1.807) is 23.9 Å². The molecule has 2 aromatic rings. The van der Waals surface area contributed by atoms with Crippen molar-refractivity contribution in [3.63, 3.8) is 0 Å². The Morgan fingerprint density at radius 2 is 2.05 bits per heavy atom. The lowest BCUT2D eigenvalue weighted by atomic mass is 10.1. The summed E-state index contributed by atoms with van der Waals surface area (Å²) in [7, 11) is 1.82. The van der Waals surface area contributed by atoms with Gasteiger partial charge < -0.3 is 5.32 Å². The van der Waals surface area contributed by atoms with Gasteiger partial charge in [-0.1, -0.05) is 39.7 Å². The van der Waals surface area contributed by atoms with Crippen LogP contribution in [0.3, 0.4) is 0 Å². The Hall–Kier alpha value is -0.0700. The van der Waals surface area contributed by atoms with Gasteiger partial charge in [0, 0.05) is 31.2 Å². The second kappa shape index (κ2) is 7.97. The Morgan fingerprint density at radius 3 is 2.71 bits per heavy atom. The molecule has 0 radical (unpaired) electrons. The number of benzene rings is 2. The van der Waals surface area contributed by atoms with Crippen molar-refractivity contribution in [1.82, 2.24) is 5.32 Å². The van der Waals surface area contributed by atoms with Crippen LogP contribution in [0.15, 0.2) is 50.2 Å². The van der Waals surface area contributed by atoms with Gasteiger partial charge in [-0.25, -0.2) is 4.39 Å². The predicted molar refractivity (Wildman–Crippen MR) is 95.8 cm³/mol. The maximum absolute atomic E-state index is 14.3. The first-order valence-corrected chi connectivity index (χ1v) is 9.17. The van der Waals surface area contributed by atoms with Crippen molar-refractivity contribution in [3.05, 3.63) is 61.7 Å². The molecule has 0 aliphatic heterocycles. The first-order chi connectivity index (χ1) is 10.0. The van der Waals surface area contributed by atoms with Gasteiger partial charge in [0.2, 0.25) is 0 Å². The zero-order chi connectivity index (χ0) is 15.4. The fourth-order valence-electron chi connectivity index (χ4n) is 1.87. The van der Waals surface area contributed by atoms with E-state index in [0.717, 1.165) is 9.37 Å². The number of thioether (sulfide) groups is 1. The van der Waals surface area contributed by atoms with E-state index in [1.807, 2.05) is 31.3 Å². The van der Waals surface area contributed by atoms with E-state index in [2.05, 4.69) is 37.2 Å². The maximum atomic E-state index is 14.3. The third kappa shape index (κ3) is 4.45. The Balaban J connectivity index is 2.15. The van der Waals surface area contributed by atoms with Crippen molar-refractivity contribution in [2.45, 2.75) is 10.9 Å². The minimum Gasteiger partial charge on any atom is -0.312 e. The maximum Gasteiger partial charge on any atom is 0.147 e. The highest BCUT2D eigenvalue weighted by Crippen LogP contribution is 2.33. The molecule has 0 aliphatic rings. The van der Waals surface area contributed by atoms with Crippen LogP contribution < -0.4 is 5.32 Å². The van der Waals surface area contributed by atoms with Gasteiger partial charge >= 0.3 is 0 Å². The van der Waals surface area contributed by atoms with Gasteiger partial charge in [-0.3, -0.25) is 0 Å². The monoisotopic (exact) mass is 451 g/mol. The summed E-state index contributed by atoms with van der Waals surface area (Å²) in [6.07, 6.45) is 0. The van der Waals surface area contributed by atoms with Crippen LogP contribution in [0.1, 0.15) is 11.6 Å². The van der Waals surface area contributed by atoms with Crippen LogP contribution in [0.4, 0.5) is 4.39 Å². The van der Waals surface area contributed by atoms with Crippen molar-refractivity contribution in [2.75, 3.05) is 12.8 Å². The van der Waals surface area contributed by atoms with Crippen LogP contribution in [-0.2, 0) is 0 Å². The van der Waals surface area contributed by atoms with Crippen LogP contribution in [0.5, 0.6) is 0 Å². The van der Waals surface area contributed by atoms with Gasteiger partial charge in [0.15, 0.2) is 0 Å². The van der Waals surface area contributed by atoms with Gasteiger partial charge in [-0.2, -0.15) is 0 Å². The molecule has 21 heavy (non-hydrogen) atoms. The molecule has 1 N–H and O–H groups in total. The number of hydrogen-bond acceptors (Lipinski definition) is 2. The van der Waals surface area contributed by atoms with Gasteiger partial charge in [-0.05, 0) is 47.2 Å². The summed E-state index contributed by atoms with van der Waals surface area (Å²) >= 11 is 14.3. The lowest BCUT2D eigenvalue weighted by molar-refractivity contribution is 0.565. The molecule has 2 rings (SSSR count). The summed E-state index contributed by atoms with van der Waals surface area (Å²) in [5, 5.41) is 3.27. The first-order valence-electron chi connectivity index (χ1n) is 6.22. The van der Waals surface area contributed by atoms with Crippen LogP contribution in [0.2, 0.25) is 5.02 Å². The van der Waals surface area contributed by atoms with Crippen molar-refractivity contribution in [1.29, 1.82) is 0 Å². The van der Waals surface area contributed by atoms with E-state index in [1.165, 1.54) is 0 Å². The fourth-order valence-corrected chi connectivity index (χ4v) is 3.99. The molecule has 6 heteroatoms. The second-order valence-corrected chi connectivity index (χ2v) is 7.62. The fraction of sp³-hybridized carbons (Fsp3) is 0.200. The summed E-state index contributed by atoms with van der Waals surface area (Å²) in [4.78, 5) is 1.13. The highest BCUT2D eigenvalue weighted by atomic mass is 79.9. The van der Waals surface area contributed by atoms with Gasteiger partial charge in [0.25, 0.3) is 0 Å². The van der Waals surface area contributed by atoms with Crippen LogP contribution in [0, 0.1) is 5.82 Å². The minimum atomic E-state index is -0.375. The molecule has 0 bridgehead atoms. The molecule has 0 fully saturated rings. The zero-order valence-corrected chi connectivity index (χ0v) is 15.9. The van der Waals surface area contributed by atoms with Crippen LogP contribution in [-0.4, -0.2) is 12.8 Å². The molecule has 1 atom stereocenters. The van der Waals surface area contributed by atoms with Gasteiger partial charge in [-0.15, -0.1) is 11.8 Å². The van der Waals surface area contributed by atoms with Gasteiger partial charge in [0.1, 0.15) is 5.82 Å². The van der Waals surface area contributed by atoms with Crippen molar-refractivity contribution < 1.29 is 4.39 Å². The average Bonchev–Trinajstić information content (AvgIpc) is 2.47. The highest BCUT2D eigenvalue weighted by Gasteiger charge is 2.18. The molecule has 0 aromatic heterocycles. The molecule has 1 nitrogen and oxygen atoms in total. The topological polar surface area (TPSA) is 12.0 Å². The summed E-state index contributed by atoms with van der Waals surface area (Å²) < 4.78 is 15.9.